The highest BCUT2D eigenvalue weighted by molar-refractivity contribution is 6.09. The van der Waals surface area contributed by atoms with Crippen molar-refractivity contribution in [3.8, 4) is 0 Å². The number of pyridine rings is 1. The van der Waals surface area contributed by atoms with Crippen LogP contribution in [0.4, 0.5) is 14.5 Å². The number of carbonyl (C=O) groups excluding carboxylic acids is 2. The number of rotatable bonds is 4. The molecule has 0 radical (unpaired) electrons. The lowest BCUT2D eigenvalue weighted by atomic mass is 10.2. The Morgan fingerprint density at radius 1 is 1.08 bits per heavy atom. The van der Waals surface area contributed by atoms with Gasteiger partial charge >= 0.3 is 0 Å². The number of hydrogen-bond acceptors (Lipinski definition) is 3. The summed E-state index contributed by atoms with van der Waals surface area (Å²) < 4.78 is 27.9. The van der Waals surface area contributed by atoms with E-state index in [4.69, 9.17) is 0 Å². The molecule has 6 nitrogen and oxygen atoms in total. The smallest absolute Gasteiger partial charge is 0.287 e. The van der Waals surface area contributed by atoms with Crippen molar-refractivity contribution in [2.45, 2.75) is 18.9 Å². The maximum absolute atomic E-state index is 13.3. The molecule has 0 bridgehead atoms. The molecule has 0 aliphatic heterocycles. The van der Waals surface area contributed by atoms with Crippen molar-refractivity contribution in [1.82, 2.24) is 14.7 Å². The van der Waals surface area contributed by atoms with Crippen molar-refractivity contribution in [1.29, 1.82) is 0 Å². The van der Waals surface area contributed by atoms with Crippen LogP contribution in [0.25, 0.3) is 5.52 Å². The number of halogens is 2. The van der Waals surface area contributed by atoms with Crippen molar-refractivity contribution >= 4 is 23.0 Å². The third kappa shape index (κ3) is 3.01. The van der Waals surface area contributed by atoms with Crippen LogP contribution in [-0.2, 0) is 0 Å². The normalized spacial score (nSPS) is 13.6. The van der Waals surface area contributed by atoms with Crippen LogP contribution >= 0.6 is 0 Å². The fourth-order valence-corrected chi connectivity index (χ4v) is 2.61. The predicted molar refractivity (Wildman–Crippen MR) is 90.0 cm³/mol. The van der Waals surface area contributed by atoms with Gasteiger partial charge in [-0.05, 0) is 37.1 Å². The van der Waals surface area contributed by atoms with Gasteiger partial charge in [-0.15, -0.1) is 0 Å². The molecule has 1 aliphatic carbocycles. The standard InChI is InChI=1S/C18H14F2N4O2/c19-12-7-6-11(9-13(12)20)22-17(25)15-14-3-1-2-8-24(14)16(23-15)18(26)21-10-4-5-10/h1-3,6-10H,4-5H2,(H,21,26)(H,22,25). The summed E-state index contributed by atoms with van der Waals surface area (Å²) in [5.41, 5.74) is 0.555. The molecule has 0 saturated heterocycles. The van der Waals surface area contributed by atoms with E-state index in [0.717, 1.165) is 25.0 Å². The van der Waals surface area contributed by atoms with E-state index in [9.17, 15) is 18.4 Å². The molecule has 1 saturated carbocycles. The number of nitrogens with zero attached hydrogens (tertiary/aromatic N) is 2. The molecule has 26 heavy (non-hydrogen) atoms. The zero-order valence-electron chi connectivity index (χ0n) is 13.5. The van der Waals surface area contributed by atoms with Gasteiger partial charge in [0.2, 0.25) is 5.82 Å². The van der Waals surface area contributed by atoms with Gasteiger partial charge in [0.05, 0.1) is 5.52 Å². The summed E-state index contributed by atoms with van der Waals surface area (Å²) in [5, 5.41) is 5.30. The number of nitrogens with one attached hydrogen (secondary N) is 2. The molecular weight excluding hydrogens is 342 g/mol. The minimum absolute atomic E-state index is 0.0243. The molecule has 0 atom stereocenters. The Balaban J connectivity index is 1.67. The summed E-state index contributed by atoms with van der Waals surface area (Å²) in [6, 6.07) is 8.29. The van der Waals surface area contributed by atoms with Crippen LogP contribution in [0, 0.1) is 11.6 Å². The van der Waals surface area contributed by atoms with Crippen LogP contribution in [0.5, 0.6) is 0 Å². The fourth-order valence-electron chi connectivity index (χ4n) is 2.61. The minimum Gasteiger partial charge on any atom is -0.347 e. The average molecular weight is 356 g/mol. The molecule has 1 aliphatic rings. The second-order valence-electron chi connectivity index (χ2n) is 6.07. The van der Waals surface area contributed by atoms with E-state index in [0.29, 0.717) is 5.52 Å². The highest BCUT2D eigenvalue weighted by Gasteiger charge is 2.27. The Morgan fingerprint density at radius 2 is 1.88 bits per heavy atom. The van der Waals surface area contributed by atoms with Crippen molar-refractivity contribution in [2.24, 2.45) is 0 Å². The van der Waals surface area contributed by atoms with Gasteiger partial charge in [0.15, 0.2) is 17.3 Å². The van der Waals surface area contributed by atoms with Gasteiger partial charge in [0.25, 0.3) is 11.8 Å². The first kappa shape index (κ1) is 16.2. The second kappa shape index (κ2) is 6.21. The predicted octanol–water partition coefficient (Wildman–Crippen LogP) is 2.76. The maximum atomic E-state index is 13.3. The van der Waals surface area contributed by atoms with Crippen LogP contribution in [-0.4, -0.2) is 27.2 Å². The van der Waals surface area contributed by atoms with Crippen LogP contribution in [0.15, 0.2) is 42.6 Å². The molecule has 0 spiro atoms. The first-order valence-corrected chi connectivity index (χ1v) is 8.07. The Kier molecular flexibility index (Phi) is 3.87. The molecule has 0 unspecified atom stereocenters. The largest absolute Gasteiger partial charge is 0.347 e. The van der Waals surface area contributed by atoms with Gasteiger partial charge in [-0.3, -0.25) is 14.0 Å². The highest BCUT2D eigenvalue weighted by Crippen LogP contribution is 2.21. The van der Waals surface area contributed by atoms with Gasteiger partial charge in [-0.2, -0.15) is 0 Å². The molecule has 2 aromatic heterocycles. The van der Waals surface area contributed by atoms with E-state index < -0.39 is 17.5 Å². The van der Waals surface area contributed by atoms with Crippen molar-refractivity contribution in [3.63, 3.8) is 0 Å². The third-order valence-corrected chi connectivity index (χ3v) is 4.06. The highest BCUT2D eigenvalue weighted by atomic mass is 19.2. The Morgan fingerprint density at radius 3 is 2.62 bits per heavy atom. The topological polar surface area (TPSA) is 75.5 Å². The second-order valence-corrected chi connectivity index (χ2v) is 6.07. The van der Waals surface area contributed by atoms with Gasteiger partial charge in [-0.25, -0.2) is 13.8 Å². The zero-order valence-corrected chi connectivity index (χ0v) is 13.5. The first-order valence-electron chi connectivity index (χ1n) is 8.07. The molecular formula is C18H14F2N4O2. The number of fused-ring (bicyclic) bond motifs is 1. The molecule has 2 amide bonds. The van der Waals surface area contributed by atoms with E-state index >= 15 is 0 Å². The van der Waals surface area contributed by atoms with Crippen LogP contribution in [0.2, 0.25) is 0 Å². The number of hydrogen-bond donors (Lipinski definition) is 2. The first-order chi connectivity index (χ1) is 12.5. The SMILES string of the molecule is O=C(Nc1ccc(F)c(F)c1)c1nc(C(=O)NC2CC2)n2ccccc12. The van der Waals surface area contributed by atoms with Gasteiger partial charge in [0.1, 0.15) is 0 Å². The summed E-state index contributed by atoms with van der Waals surface area (Å²) in [6.45, 7) is 0. The van der Waals surface area contributed by atoms with Gasteiger partial charge < -0.3 is 10.6 Å². The average Bonchev–Trinajstić information content (AvgIpc) is 3.34. The molecule has 2 heterocycles. The summed E-state index contributed by atoms with van der Waals surface area (Å²) >= 11 is 0. The number of anilines is 1. The minimum atomic E-state index is -1.07. The van der Waals surface area contributed by atoms with E-state index in [1.54, 1.807) is 24.4 Å². The molecule has 8 heteroatoms. The Hall–Kier alpha value is -3.29. The lowest BCUT2D eigenvalue weighted by molar-refractivity contribution is 0.0940. The summed E-state index contributed by atoms with van der Waals surface area (Å²) in [7, 11) is 0. The van der Waals surface area contributed by atoms with Crippen molar-refractivity contribution in [3.05, 3.63) is 65.7 Å². The molecule has 2 N–H and O–H groups in total. The van der Waals surface area contributed by atoms with Crippen LogP contribution in [0.1, 0.15) is 33.9 Å². The van der Waals surface area contributed by atoms with Gasteiger partial charge in [0, 0.05) is 24.0 Å². The number of benzene rings is 1. The Bertz CT molecular complexity index is 1030. The lowest BCUT2D eigenvalue weighted by Gasteiger charge is -2.04. The molecule has 4 rings (SSSR count). The van der Waals surface area contributed by atoms with Gasteiger partial charge in [-0.1, -0.05) is 6.07 Å². The number of aromatic nitrogens is 2. The molecule has 3 aromatic rings. The van der Waals surface area contributed by atoms with Crippen LogP contribution < -0.4 is 10.6 Å². The molecule has 1 fully saturated rings. The fraction of sp³-hybridized carbons (Fsp3) is 0.167. The Labute approximate surface area is 146 Å². The van der Waals surface area contributed by atoms with Crippen LogP contribution in [0.3, 0.4) is 0 Å². The third-order valence-electron chi connectivity index (χ3n) is 4.06. The quantitative estimate of drug-likeness (QED) is 0.755. The van der Waals surface area contributed by atoms with Crippen molar-refractivity contribution < 1.29 is 18.4 Å². The molecule has 1 aromatic carbocycles. The number of amides is 2. The monoisotopic (exact) mass is 356 g/mol. The number of carbonyl (C=O) groups is 2. The van der Waals surface area contributed by atoms with E-state index in [2.05, 4.69) is 15.6 Å². The van der Waals surface area contributed by atoms with E-state index in [1.807, 2.05) is 0 Å². The lowest BCUT2D eigenvalue weighted by Crippen LogP contribution is -2.27. The zero-order chi connectivity index (χ0) is 18.3. The summed E-state index contributed by atoms with van der Waals surface area (Å²) in [6.07, 6.45) is 3.50. The maximum Gasteiger partial charge on any atom is 0.287 e. The van der Waals surface area contributed by atoms with E-state index in [1.165, 1.54) is 10.5 Å². The summed E-state index contributed by atoms with van der Waals surface area (Å²) in [4.78, 5) is 29.1. The van der Waals surface area contributed by atoms with Crippen molar-refractivity contribution in [2.75, 3.05) is 5.32 Å². The molecule has 132 valence electrons. The number of imidazole rings is 1. The summed E-state index contributed by atoms with van der Waals surface area (Å²) in [5.74, 6) is -2.95. The van der Waals surface area contributed by atoms with E-state index in [-0.39, 0.29) is 29.2 Å².